The van der Waals surface area contributed by atoms with Crippen LogP contribution in [0.15, 0.2) is 0 Å². The van der Waals surface area contributed by atoms with E-state index >= 15 is 0 Å². The Balaban J connectivity index is 0. The third-order valence-corrected chi connectivity index (χ3v) is 0.408. The summed E-state index contributed by atoms with van der Waals surface area (Å²) in [6.45, 7) is 2.11. The van der Waals surface area contributed by atoms with Crippen LogP contribution in [-0.4, -0.2) is 24.9 Å². The Kier molecular flexibility index (Phi) is 9.50. The van der Waals surface area contributed by atoms with Crippen LogP contribution in [0.3, 0.4) is 0 Å². The van der Waals surface area contributed by atoms with Gasteiger partial charge < -0.3 is 9.84 Å². The zero-order valence-electron chi connectivity index (χ0n) is 4.55. The average molecular weight is 171 g/mol. The zero-order valence-corrected chi connectivity index (χ0v) is 6.26. The highest BCUT2D eigenvalue weighted by molar-refractivity contribution is 8.93. The highest BCUT2D eigenvalue weighted by Gasteiger charge is 1.87. The van der Waals surface area contributed by atoms with Gasteiger partial charge in [-0.3, -0.25) is 0 Å². The van der Waals surface area contributed by atoms with Gasteiger partial charge in [-0.1, -0.05) is 0 Å². The molecule has 0 saturated carbocycles. The summed E-state index contributed by atoms with van der Waals surface area (Å²) in [5.41, 5.74) is 0. The Morgan fingerprint density at radius 1 is 1.71 bits per heavy atom. The van der Waals surface area contributed by atoms with Crippen molar-refractivity contribution in [2.24, 2.45) is 0 Å². The van der Waals surface area contributed by atoms with Crippen molar-refractivity contribution in [3.8, 4) is 0 Å². The summed E-state index contributed by atoms with van der Waals surface area (Å²) >= 11 is 0. The van der Waals surface area contributed by atoms with Gasteiger partial charge in [-0.25, -0.2) is 0 Å². The fourth-order valence-corrected chi connectivity index (χ4v) is 0.241. The van der Waals surface area contributed by atoms with Crippen LogP contribution in [-0.2, 0) is 4.74 Å². The Morgan fingerprint density at radius 3 is 2.14 bits per heavy atom. The molecule has 2 nitrogen and oxygen atoms in total. The minimum Gasteiger partial charge on any atom is -0.391 e. The minimum atomic E-state index is -0.324. The van der Waals surface area contributed by atoms with Crippen LogP contribution < -0.4 is 0 Å². The fraction of sp³-hybridized carbons (Fsp3) is 1.00. The van der Waals surface area contributed by atoms with Gasteiger partial charge in [0, 0.05) is 7.11 Å². The molecule has 46 valence electrons. The summed E-state index contributed by atoms with van der Waals surface area (Å²) < 4.78 is 4.55. The molecule has 0 aliphatic carbocycles. The number of rotatable bonds is 2. The van der Waals surface area contributed by atoms with E-state index < -0.39 is 0 Å². The number of aliphatic hydroxyl groups is 1. The summed E-state index contributed by atoms with van der Waals surface area (Å²) in [7, 11) is 1.56. The molecule has 0 fully saturated rings. The number of aliphatic hydroxyl groups excluding tert-OH is 1. The second-order valence-electron chi connectivity index (χ2n) is 1.30. The summed E-state index contributed by atoms with van der Waals surface area (Å²) in [4.78, 5) is 0. The molecule has 7 heavy (non-hydrogen) atoms. The van der Waals surface area contributed by atoms with Crippen LogP contribution in [0.1, 0.15) is 6.92 Å². The number of hydrogen-bond donors (Lipinski definition) is 1. The Hall–Kier alpha value is 0.400. The molecule has 0 bridgehead atoms. The average Bonchev–Trinajstić information content (AvgIpc) is 1.35. The van der Waals surface area contributed by atoms with Crippen LogP contribution in [0.25, 0.3) is 0 Å². The van der Waals surface area contributed by atoms with Crippen LogP contribution in [0, 0.1) is 0 Å². The van der Waals surface area contributed by atoms with Gasteiger partial charge in [0.15, 0.2) is 0 Å². The summed E-state index contributed by atoms with van der Waals surface area (Å²) in [5.74, 6) is 0. The van der Waals surface area contributed by atoms with Crippen molar-refractivity contribution in [2.75, 3.05) is 13.7 Å². The van der Waals surface area contributed by atoms with E-state index in [1.54, 1.807) is 14.0 Å². The third-order valence-electron chi connectivity index (χ3n) is 0.408. The lowest BCUT2D eigenvalue weighted by molar-refractivity contribution is 0.0765. The SMILES string of the molecule is Br.COCC(C)O. The van der Waals surface area contributed by atoms with Crippen LogP contribution in [0.4, 0.5) is 0 Å². The van der Waals surface area contributed by atoms with Gasteiger partial charge in [-0.15, -0.1) is 17.0 Å². The Bertz CT molecular complexity index is 30.9. The monoisotopic (exact) mass is 170 g/mol. The second-order valence-corrected chi connectivity index (χ2v) is 1.30. The van der Waals surface area contributed by atoms with E-state index in [0.29, 0.717) is 6.61 Å². The van der Waals surface area contributed by atoms with E-state index in [1.165, 1.54) is 0 Å². The molecule has 0 aromatic carbocycles. The molecule has 0 aromatic rings. The molecule has 0 rings (SSSR count). The lowest BCUT2D eigenvalue weighted by Crippen LogP contribution is -2.07. The number of hydrogen-bond acceptors (Lipinski definition) is 2. The topological polar surface area (TPSA) is 29.5 Å². The summed E-state index contributed by atoms with van der Waals surface area (Å²) in [6, 6.07) is 0. The Labute approximate surface area is 54.3 Å². The molecule has 0 heterocycles. The van der Waals surface area contributed by atoms with E-state index in [0.717, 1.165) is 0 Å². The molecular weight excluding hydrogens is 160 g/mol. The molecule has 0 aromatic heterocycles. The molecule has 1 atom stereocenters. The number of halogens is 1. The van der Waals surface area contributed by atoms with Gasteiger partial charge in [-0.05, 0) is 6.92 Å². The molecule has 0 amide bonds. The van der Waals surface area contributed by atoms with Gasteiger partial charge >= 0.3 is 0 Å². The highest BCUT2D eigenvalue weighted by atomic mass is 79.9. The van der Waals surface area contributed by atoms with E-state index in [1.807, 2.05) is 0 Å². The highest BCUT2D eigenvalue weighted by Crippen LogP contribution is 1.75. The molecule has 0 aliphatic heterocycles. The minimum absolute atomic E-state index is 0. The maximum absolute atomic E-state index is 8.43. The van der Waals surface area contributed by atoms with E-state index in [2.05, 4.69) is 4.74 Å². The lowest BCUT2D eigenvalue weighted by atomic mass is 10.5. The van der Waals surface area contributed by atoms with Crippen LogP contribution in [0.5, 0.6) is 0 Å². The molecule has 0 saturated heterocycles. The van der Waals surface area contributed by atoms with Gasteiger partial charge in [0.05, 0.1) is 12.7 Å². The standard InChI is InChI=1S/C4H10O2.BrH/c1-4(5)3-6-2;/h4-5H,3H2,1-2H3;1H. The van der Waals surface area contributed by atoms with Gasteiger partial charge in [-0.2, -0.15) is 0 Å². The van der Waals surface area contributed by atoms with Crippen molar-refractivity contribution >= 4 is 17.0 Å². The maximum atomic E-state index is 8.43. The summed E-state index contributed by atoms with van der Waals surface area (Å²) in [6.07, 6.45) is -0.324. The van der Waals surface area contributed by atoms with E-state index in [-0.39, 0.29) is 23.1 Å². The maximum Gasteiger partial charge on any atom is 0.0745 e. The third kappa shape index (κ3) is 10.7. The largest absolute Gasteiger partial charge is 0.391 e. The molecule has 0 radical (unpaired) electrons. The van der Waals surface area contributed by atoms with Crippen molar-refractivity contribution in [1.29, 1.82) is 0 Å². The summed E-state index contributed by atoms with van der Waals surface area (Å²) in [5, 5.41) is 8.43. The van der Waals surface area contributed by atoms with Crippen molar-refractivity contribution in [3.05, 3.63) is 0 Å². The van der Waals surface area contributed by atoms with Crippen LogP contribution in [0.2, 0.25) is 0 Å². The second kappa shape index (κ2) is 6.40. The predicted molar refractivity (Wildman–Crippen MR) is 33.9 cm³/mol. The lowest BCUT2D eigenvalue weighted by Gasteiger charge is -1.97. The van der Waals surface area contributed by atoms with Gasteiger partial charge in [0.2, 0.25) is 0 Å². The van der Waals surface area contributed by atoms with Gasteiger partial charge in [0.1, 0.15) is 0 Å². The van der Waals surface area contributed by atoms with E-state index in [9.17, 15) is 0 Å². The fourth-order valence-electron chi connectivity index (χ4n) is 0.241. The zero-order chi connectivity index (χ0) is 4.99. The quantitative estimate of drug-likeness (QED) is 0.658. The number of ether oxygens (including phenoxy) is 1. The van der Waals surface area contributed by atoms with Crippen molar-refractivity contribution in [3.63, 3.8) is 0 Å². The van der Waals surface area contributed by atoms with Crippen molar-refractivity contribution in [1.82, 2.24) is 0 Å². The molecule has 1 N–H and O–H groups in total. The molecule has 3 heteroatoms. The molecule has 0 aliphatic rings. The van der Waals surface area contributed by atoms with Crippen molar-refractivity contribution in [2.45, 2.75) is 13.0 Å². The van der Waals surface area contributed by atoms with Crippen molar-refractivity contribution < 1.29 is 9.84 Å². The van der Waals surface area contributed by atoms with Crippen LogP contribution >= 0.6 is 17.0 Å². The predicted octanol–water partition coefficient (Wildman–Crippen LogP) is 0.591. The van der Waals surface area contributed by atoms with Gasteiger partial charge in [0.25, 0.3) is 0 Å². The first-order valence-corrected chi connectivity index (χ1v) is 1.94. The number of methoxy groups -OCH3 is 1. The molecular formula is C4H11BrO2. The molecule has 0 spiro atoms. The smallest absolute Gasteiger partial charge is 0.0745 e. The first-order chi connectivity index (χ1) is 2.77. The normalized spacial score (nSPS) is 12.4. The molecule has 1 unspecified atom stereocenters. The Morgan fingerprint density at radius 2 is 2.14 bits per heavy atom. The first kappa shape index (κ1) is 10.4. The van der Waals surface area contributed by atoms with E-state index in [4.69, 9.17) is 5.11 Å². The first-order valence-electron chi connectivity index (χ1n) is 1.94.